The lowest BCUT2D eigenvalue weighted by Crippen LogP contribution is -2.38. The van der Waals surface area contributed by atoms with Crippen LogP contribution in [0.25, 0.3) is 22.3 Å². The molecule has 4 rings (SSSR count). The average molecular weight is 455 g/mol. The molecule has 1 fully saturated rings. The lowest BCUT2D eigenvalue weighted by atomic mass is 10.0. The van der Waals surface area contributed by atoms with Gasteiger partial charge in [-0.1, -0.05) is 11.6 Å². The first-order valence-electron chi connectivity index (χ1n) is 10.1. The van der Waals surface area contributed by atoms with Gasteiger partial charge in [0.05, 0.1) is 34.3 Å². The van der Waals surface area contributed by atoms with Gasteiger partial charge in [0.2, 0.25) is 0 Å². The van der Waals surface area contributed by atoms with Gasteiger partial charge in [0.15, 0.2) is 0 Å². The summed E-state index contributed by atoms with van der Waals surface area (Å²) in [5.41, 5.74) is 1.92. The minimum atomic E-state index is -0.806. The summed E-state index contributed by atoms with van der Waals surface area (Å²) in [5.74, 6) is 0.334. The first kappa shape index (κ1) is 21.8. The fourth-order valence-electron chi connectivity index (χ4n) is 3.82. The predicted octanol–water partition coefficient (Wildman–Crippen LogP) is 3.84. The van der Waals surface area contributed by atoms with Crippen LogP contribution in [0.1, 0.15) is 24.0 Å². The van der Waals surface area contributed by atoms with E-state index in [1.807, 2.05) is 11.0 Å². The fourth-order valence-corrected chi connectivity index (χ4v) is 4.07. The number of benzene rings is 1. The van der Waals surface area contributed by atoms with E-state index in [1.54, 1.807) is 6.07 Å². The Bertz CT molecular complexity index is 1230. The van der Waals surface area contributed by atoms with Crippen molar-refractivity contribution in [2.45, 2.75) is 19.0 Å². The number of hydrogen-bond acceptors (Lipinski definition) is 7. The van der Waals surface area contributed by atoms with E-state index in [4.69, 9.17) is 21.1 Å². The molecule has 164 valence electrons. The number of aromatic nitrogens is 3. The van der Waals surface area contributed by atoms with Crippen LogP contribution in [-0.4, -0.2) is 59.4 Å². The second-order valence-electron chi connectivity index (χ2n) is 7.43. The summed E-state index contributed by atoms with van der Waals surface area (Å²) < 4.78 is 24.7. The van der Waals surface area contributed by atoms with E-state index in [1.165, 1.54) is 19.4 Å². The van der Waals surface area contributed by atoms with E-state index in [0.29, 0.717) is 53.1 Å². The molecular weight excluding hydrogens is 435 g/mol. The van der Waals surface area contributed by atoms with Crippen LogP contribution in [0.4, 0.5) is 4.39 Å². The van der Waals surface area contributed by atoms with Crippen molar-refractivity contribution in [3.8, 4) is 35.2 Å². The van der Waals surface area contributed by atoms with Crippen LogP contribution in [0, 0.1) is 22.7 Å². The highest BCUT2D eigenvalue weighted by Gasteiger charge is 2.21. The minimum Gasteiger partial charge on any atom is -0.495 e. The molecule has 1 saturated heterocycles. The van der Waals surface area contributed by atoms with E-state index in [2.05, 4.69) is 21.0 Å². The molecule has 10 heteroatoms. The van der Waals surface area contributed by atoms with Gasteiger partial charge in [0, 0.05) is 24.8 Å². The summed E-state index contributed by atoms with van der Waals surface area (Å²) >= 11 is 6.46. The highest BCUT2D eigenvalue weighted by atomic mass is 35.5. The predicted molar refractivity (Wildman–Crippen MR) is 116 cm³/mol. The van der Waals surface area contributed by atoms with Crippen molar-refractivity contribution >= 4 is 22.6 Å². The number of nitriles is 2. The molecule has 1 atom stereocenters. The van der Waals surface area contributed by atoms with Crippen LogP contribution in [0.5, 0.6) is 11.8 Å². The Morgan fingerprint density at radius 2 is 2.09 bits per heavy atom. The molecule has 3 aromatic rings. The molecule has 0 bridgehead atoms. The summed E-state index contributed by atoms with van der Waals surface area (Å²) in [6.07, 6.45) is 2.16. The lowest BCUT2D eigenvalue weighted by Gasteiger charge is -2.28. The third kappa shape index (κ3) is 4.31. The van der Waals surface area contributed by atoms with Crippen LogP contribution in [0.2, 0.25) is 5.02 Å². The largest absolute Gasteiger partial charge is 0.495 e. The zero-order valence-electron chi connectivity index (χ0n) is 17.4. The number of nitrogens with one attached hydrogen (secondary N) is 1. The monoisotopic (exact) mass is 454 g/mol. The maximum absolute atomic E-state index is 13.6. The molecule has 0 radical (unpaired) electrons. The van der Waals surface area contributed by atoms with Gasteiger partial charge in [-0.3, -0.25) is 4.90 Å². The van der Waals surface area contributed by atoms with Gasteiger partial charge in [0.25, 0.3) is 0 Å². The zero-order valence-corrected chi connectivity index (χ0v) is 18.1. The van der Waals surface area contributed by atoms with Gasteiger partial charge in [-0.15, -0.1) is 0 Å². The number of methoxy groups -OCH3 is 1. The number of aromatic amines is 1. The van der Waals surface area contributed by atoms with E-state index in [0.717, 1.165) is 13.0 Å². The lowest BCUT2D eigenvalue weighted by molar-refractivity contribution is 0.119. The van der Waals surface area contributed by atoms with Crippen LogP contribution in [0.15, 0.2) is 18.3 Å². The van der Waals surface area contributed by atoms with Crippen LogP contribution in [-0.2, 0) is 0 Å². The van der Waals surface area contributed by atoms with Crippen LogP contribution >= 0.6 is 11.6 Å². The highest BCUT2D eigenvalue weighted by molar-refractivity contribution is 6.33. The van der Waals surface area contributed by atoms with Crippen molar-refractivity contribution in [1.29, 1.82) is 10.5 Å². The summed E-state index contributed by atoms with van der Waals surface area (Å²) in [7, 11) is 1.46. The number of likely N-dealkylation sites (tertiary alicyclic amines) is 1. The Balaban J connectivity index is 1.69. The molecule has 1 N–H and O–H groups in total. The topological polar surface area (TPSA) is 111 Å². The van der Waals surface area contributed by atoms with Crippen molar-refractivity contribution in [1.82, 2.24) is 19.9 Å². The molecule has 32 heavy (non-hydrogen) atoms. The second-order valence-corrected chi connectivity index (χ2v) is 7.83. The average Bonchev–Trinajstić information content (AvgIpc) is 3.21. The normalized spacial score (nSPS) is 16.5. The zero-order chi connectivity index (χ0) is 22.7. The van der Waals surface area contributed by atoms with E-state index in [-0.39, 0.29) is 23.2 Å². The molecule has 1 unspecified atom stereocenters. The number of H-pyrrole nitrogens is 1. The molecule has 0 aliphatic carbocycles. The Hall–Kier alpha value is -3.40. The molecule has 0 spiro atoms. The molecule has 0 amide bonds. The Kier molecular flexibility index (Phi) is 6.40. The number of ether oxygens (including phenoxy) is 2. The van der Waals surface area contributed by atoms with Crippen molar-refractivity contribution in [3.63, 3.8) is 0 Å². The number of alkyl halides is 1. The quantitative estimate of drug-likeness (QED) is 0.602. The molecule has 1 aliphatic heterocycles. The van der Waals surface area contributed by atoms with E-state index < -0.39 is 6.17 Å². The van der Waals surface area contributed by atoms with Crippen LogP contribution < -0.4 is 9.47 Å². The molecule has 8 nitrogen and oxygen atoms in total. The Morgan fingerprint density at radius 1 is 1.28 bits per heavy atom. The molecule has 1 aliphatic rings. The smallest absolute Gasteiger partial charge is 0.319 e. The standard InChI is InChI=1S/C22H20ClFN6O2/c1-31-18-8-16(17(23)7-13(18)9-25)20-19-14(10-26)11-27-21(19)29-22(28-20)32-6-5-30-4-2-3-15(24)12-30/h7-8,11,15H,2-6,12H2,1H3,(H,27,28,29). The fraction of sp³-hybridized carbons (Fsp3) is 0.364. The maximum Gasteiger partial charge on any atom is 0.319 e. The minimum absolute atomic E-state index is 0.104. The van der Waals surface area contributed by atoms with E-state index >= 15 is 0 Å². The van der Waals surface area contributed by atoms with Gasteiger partial charge in [-0.2, -0.15) is 20.5 Å². The third-order valence-electron chi connectivity index (χ3n) is 5.38. The number of halogens is 2. The first-order chi connectivity index (χ1) is 15.5. The second kappa shape index (κ2) is 9.39. The van der Waals surface area contributed by atoms with Crippen LogP contribution in [0.3, 0.4) is 0 Å². The van der Waals surface area contributed by atoms with Gasteiger partial charge in [-0.05, 0) is 31.5 Å². The summed E-state index contributed by atoms with van der Waals surface area (Å²) in [4.78, 5) is 13.9. The highest BCUT2D eigenvalue weighted by Crippen LogP contribution is 2.38. The van der Waals surface area contributed by atoms with Crippen molar-refractivity contribution in [3.05, 3.63) is 34.5 Å². The van der Waals surface area contributed by atoms with Crippen molar-refractivity contribution in [2.24, 2.45) is 0 Å². The van der Waals surface area contributed by atoms with Gasteiger partial charge < -0.3 is 14.5 Å². The summed E-state index contributed by atoms with van der Waals surface area (Å²) in [6.45, 7) is 2.07. The van der Waals surface area contributed by atoms with Gasteiger partial charge >= 0.3 is 6.01 Å². The van der Waals surface area contributed by atoms with Crippen molar-refractivity contribution in [2.75, 3.05) is 33.4 Å². The van der Waals surface area contributed by atoms with Gasteiger partial charge in [0.1, 0.15) is 36.3 Å². The molecule has 1 aromatic carbocycles. The maximum atomic E-state index is 13.6. The Labute approximate surface area is 189 Å². The van der Waals surface area contributed by atoms with E-state index in [9.17, 15) is 14.9 Å². The molecule has 2 aromatic heterocycles. The number of piperidine rings is 1. The number of nitrogens with zero attached hydrogens (tertiary/aromatic N) is 5. The van der Waals surface area contributed by atoms with Gasteiger partial charge in [-0.25, -0.2) is 4.39 Å². The molecular formula is C22H20ClFN6O2. The molecule has 3 heterocycles. The summed E-state index contributed by atoms with van der Waals surface area (Å²) in [5, 5.41) is 19.6. The number of fused-ring (bicyclic) bond motifs is 1. The first-order valence-corrected chi connectivity index (χ1v) is 10.5. The third-order valence-corrected chi connectivity index (χ3v) is 5.70. The van der Waals surface area contributed by atoms with Crippen molar-refractivity contribution < 1.29 is 13.9 Å². The number of hydrogen-bond donors (Lipinski definition) is 1. The summed E-state index contributed by atoms with van der Waals surface area (Å²) in [6, 6.07) is 7.36. The molecule has 0 saturated carbocycles. The Morgan fingerprint density at radius 3 is 2.81 bits per heavy atom. The SMILES string of the molecule is COc1cc(-c2nc(OCCN3CCCC(F)C3)nc3[nH]cc(C#N)c23)c(Cl)cc1C#N. The number of rotatable bonds is 6.